The number of carbonyl (C=O) groups excluding carboxylic acids is 2. The van der Waals surface area contributed by atoms with Gasteiger partial charge in [-0.15, -0.1) is 0 Å². The highest BCUT2D eigenvalue weighted by atomic mass is 16.5. The molecule has 0 aliphatic heterocycles. The van der Waals surface area contributed by atoms with Gasteiger partial charge in [0, 0.05) is 23.7 Å². The zero-order valence-electron chi connectivity index (χ0n) is 17.3. The molecule has 1 aliphatic carbocycles. The second-order valence-corrected chi connectivity index (χ2v) is 7.53. The van der Waals surface area contributed by atoms with Gasteiger partial charge in [-0.3, -0.25) is 9.59 Å². The lowest BCUT2D eigenvalue weighted by Crippen LogP contribution is -2.32. The lowest BCUT2D eigenvalue weighted by molar-refractivity contribution is 0.0729. The van der Waals surface area contributed by atoms with Crippen LogP contribution in [0.4, 0.5) is 0 Å². The van der Waals surface area contributed by atoms with Gasteiger partial charge in [0.1, 0.15) is 17.2 Å². The van der Waals surface area contributed by atoms with Crippen LogP contribution in [0.5, 0.6) is 17.2 Å². The molecule has 6 nitrogen and oxygen atoms in total. The minimum atomic E-state index is -0.482. The van der Waals surface area contributed by atoms with Gasteiger partial charge in [0.05, 0.1) is 7.11 Å². The molecule has 31 heavy (non-hydrogen) atoms. The fourth-order valence-corrected chi connectivity index (χ4v) is 3.34. The van der Waals surface area contributed by atoms with E-state index >= 15 is 0 Å². The molecule has 0 heterocycles. The molecule has 2 amide bonds. The molecule has 0 saturated heterocycles. The van der Waals surface area contributed by atoms with E-state index in [0.29, 0.717) is 29.2 Å². The molecule has 0 spiro atoms. The number of nitrogens with two attached hydrogens (primary N) is 1. The van der Waals surface area contributed by atoms with Crippen molar-refractivity contribution in [2.75, 3.05) is 7.11 Å². The normalized spacial score (nSPS) is 12.8. The number of hydrogen-bond donors (Lipinski definition) is 1. The smallest absolute Gasteiger partial charge is 0.254 e. The first-order valence-electron chi connectivity index (χ1n) is 10.1. The Morgan fingerprint density at radius 2 is 1.35 bits per heavy atom. The van der Waals surface area contributed by atoms with E-state index in [0.717, 1.165) is 24.2 Å². The predicted octanol–water partition coefficient (Wildman–Crippen LogP) is 4.39. The largest absolute Gasteiger partial charge is 0.497 e. The van der Waals surface area contributed by atoms with Crippen molar-refractivity contribution in [2.45, 2.75) is 25.4 Å². The van der Waals surface area contributed by atoms with Crippen LogP contribution in [0.1, 0.15) is 39.1 Å². The minimum Gasteiger partial charge on any atom is -0.497 e. The Kier molecular flexibility index (Phi) is 5.89. The number of ether oxygens (including phenoxy) is 2. The summed E-state index contributed by atoms with van der Waals surface area (Å²) in [5.41, 5.74) is 7.37. The summed E-state index contributed by atoms with van der Waals surface area (Å²) in [5, 5.41) is 0. The third-order valence-electron chi connectivity index (χ3n) is 5.24. The SMILES string of the molecule is COc1ccc(CN(C(=O)c2ccc(Oc3ccc(C(N)=O)cc3)cc2)C2CC2)cc1. The topological polar surface area (TPSA) is 81.9 Å². The fraction of sp³-hybridized carbons (Fsp3) is 0.200. The Morgan fingerprint density at radius 3 is 1.84 bits per heavy atom. The zero-order valence-corrected chi connectivity index (χ0v) is 17.3. The third kappa shape index (κ3) is 5.04. The van der Waals surface area contributed by atoms with E-state index in [1.165, 1.54) is 0 Å². The third-order valence-corrected chi connectivity index (χ3v) is 5.24. The molecule has 0 bridgehead atoms. The van der Waals surface area contributed by atoms with E-state index in [4.69, 9.17) is 15.2 Å². The number of hydrogen-bond acceptors (Lipinski definition) is 4. The van der Waals surface area contributed by atoms with Gasteiger partial charge < -0.3 is 20.1 Å². The van der Waals surface area contributed by atoms with Crippen LogP contribution in [-0.2, 0) is 6.54 Å². The monoisotopic (exact) mass is 416 g/mol. The highest BCUT2D eigenvalue weighted by Gasteiger charge is 2.33. The molecule has 6 heteroatoms. The van der Waals surface area contributed by atoms with Crippen molar-refractivity contribution >= 4 is 11.8 Å². The van der Waals surface area contributed by atoms with Gasteiger partial charge in [0.25, 0.3) is 5.91 Å². The maximum atomic E-state index is 13.1. The Bertz CT molecular complexity index is 1060. The molecule has 0 atom stereocenters. The van der Waals surface area contributed by atoms with Crippen LogP contribution in [0.25, 0.3) is 0 Å². The summed E-state index contributed by atoms with van der Waals surface area (Å²) in [4.78, 5) is 26.2. The molecule has 0 unspecified atom stereocenters. The number of carbonyl (C=O) groups is 2. The van der Waals surface area contributed by atoms with Crippen LogP contribution in [0, 0.1) is 0 Å². The number of benzene rings is 3. The number of nitrogens with zero attached hydrogens (tertiary/aromatic N) is 1. The van der Waals surface area contributed by atoms with Crippen LogP contribution in [0.2, 0.25) is 0 Å². The van der Waals surface area contributed by atoms with Crippen molar-refractivity contribution < 1.29 is 19.1 Å². The molecule has 4 rings (SSSR count). The van der Waals surface area contributed by atoms with E-state index in [1.54, 1.807) is 55.6 Å². The van der Waals surface area contributed by atoms with Gasteiger partial charge in [0.15, 0.2) is 0 Å². The van der Waals surface area contributed by atoms with Gasteiger partial charge in [-0.25, -0.2) is 0 Å². The average Bonchev–Trinajstić information content (AvgIpc) is 3.63. The number of primary amides is 1. The van der Waals surface area contributed by atoms with E-state index in [9.17, 15) is 9.59 Å². The van der Waals surface area contributed by atoms with Crippen LogP contribution in [0.15, 0.2) is 72.8 Å². The van der Waals surface area contributed by atoms with E-state index < -0.39 is 5.91 Å². The lowest BCUT2D eigenvalue weighted by atomic mass is 10.1. The maximum absolute atomic E-state index is 13.1. The highest BCUT2D eigenvalue weighted by Crippen LogP contribution is 2.31. The molecule has 2 N–H and O–H groups in total. The quantitative estimate of drug-likeness (QED) is 0.590. The Labute approximate surface area is 181 Å². The molecular formula is C25H24N2O4. The highest BCUT2D eigenvalue weighted by molar-refractivity contribution is 5.95. The molecular weight excluding hydrogens is 392 g/mol. The maximum Gasteiger partial charge on any atom is 0.254 e. The molecule has 0 radical (unpaired) electrons. The molecule has 3 aromatic rings. The first-order chi connectivity index (χ1) is 15.0. The molecule has 1 fully saturated rings. The summed E-state index contributed by atoms with van der Waals surface area (Å²) in [5.74, 6) is 1.52. The van der Waals surface area contributed by atoms with Crippen LogP contribution in [-0.4, -0.2) is 29.9 Å². The van der Waals surface area contributed by atoms with Crippen molar-refractivity contribution in [2.24, 2.45) is 5.73 Å². The van der Waals surface area contributed by atoms with E-state index in [1.807, 2.05) is 29.2 Å². The summed E-state index contributed by atoms with van der Waals surface area (Å²) in [7, 11) is 1.64. The Hall–Kier alpha value is -3.80. The number of amides is 2. The Balaban J connectivity index is 1.43. The molecule has 1 aliphatic rings. The standard InChI is InChI=1S/C25H24N2O4/c1-30-21-10-2-17(3-11-21)16-27(20-8-9-20)25(29)19-6-14-23(15-7-19)31-22-12-4-18(5-13-22)24(26)28/h2-7,10-15,20H,8-9,16H2,1H3,(H2,26,28). The van der Waals surface area contributed by atoms with Gasteiger partial charge >= 0.3 is 0 Å². The minimum absolute atomic E-state index is 0.00989. The second kappa shape index (κ2) is 8.92. The number of rotatable bonds is 8. The van der Waals surface area contributed by atoms with E-state index in [2.05, 4.69) is 0 Å². The number of methoxy groups -OCH3 is 1. The van der Waals surface area contributed by atoms with Crippen molar-refractivity contribution in [3.8, 4) is 17.2 Å². The summed E-state index contributed by atoms with van der Waals surface area (Å²) in [6.07, 6.45) is 2.06. The van der Waals surface area contributed by atoms with Gasteiger partial charge in [-0.1, -0.05) is 12.1 Å². The van der Waals surface area contributed by atoms with E-state index in [-0.39, 0.29) is 11.9 Å². The summed E-state index contributed by atoms with van der Waals surface area (Å²) in [6, 6.07) is 21.8. The summed E-state index contributed by atoms with van der Waals surface area (Å²) >= 11 is 0. The summed E-state index contributed by atoms with van der Waals surface area (Å²) < 4.78 is 11.0. The first kappa shape index (κ1) is 20.5. The van der Waals surface area contributed by atoms with Crippen LogP contribution < -0.4 is 15.2 Å². The van der Waals surface area contributed by atoms with Crippen molar-refractivity contribution in [3.05, 3.63) is 89.5 Å². The van der Waals surface area contributed by atoms with Crippen LogP contribution >= 0.6 is 0 Å². The molecule has 158 valence electrons. The van der Waals surface area contributed by atoms with Gasteiger partial charge in [-0.05, 0) is 79.1 Å². The predicted molar refractivity (Wildman–Crippen MR) is 117 cm³/mol. The summed E-state index contributed by atoms with van der Waals surface area (Å²) in [6.45, 7) is 0.567. The fourth-order valence-electron chi connectivity index (χ4n) is 3.34. The molecule has 3 aromatic carbocycles. The molecule has 0 aromatic heterocycles. The van der Waals surface area contributed by atoms with Crippen molar-refractivity contribution in [3.63, 3.8) is 0 Å². The van der Waals surface area contributed by atoms with Crippen molar-refractivity contribution in [1.82, 2.24) is 4.90 Å². The second-order valence-electron chi connectivity index (χ2n) is 7.53. The molecule has 1 saturated carbocycles. The zero-order chi connectivity index (χ0) is 21.8. The van der Waals surface area contributed by atoms with Gasteiger partial charge in [0.2, 0.25) is 5.91 Å². The average molecular weight is 416 g/mol. The Morgan fingerprint density at radius 1 is 0.839 bits per heavy atom. The van der Waals surface area contributed by atoms with Crippen molar-refractivity contribution in [1.29, 1.82) is 0 Å². The van der Waals surface area contributed by atoms with Gasteiger partial charge in [-0.2, -0.15) is 0 Å². The lowest BCUT2D eigenvalue weighted by Gasteiger charge is -2.23. The first-order valence-corrected chi connectivity index (χ1v) is 10.1. The van der Waals surface area contributed by atoms with Crippen LogP contribution in [0.3, 0.4) is 0 Å².